The molecule has 0 saturated carbocycles. The van der Waals surface area contributed by atoms with Gasteiger partial charge in [-0.1, -0.05) is 57.2 Å². The number of nitrogens with one attached hydrogen (secondary N) is 1. The molecule has 0 spiro atoms. The lowest BCUT2D eigenvalue weighted by Gasteiger charge is -2.26. The number of nitrogen functional groups attached to an aromatic ring is 1. The minimum atomic E-state index is -1.75. The Labute approximate surface area is 241 Å². The van der Waals surface area contributed by atoms with Gasteiger partial charge in [-0.2, -0.15) is 0 Å². The number of imidazole rings is 1. The van der Waals surface area contributed by atoms with Gasteiger partial charge in [0, 0.05) is 18.5 Å². The molecular formula is C29H39N6O5P. The highest BCUT2D eigenvalue weighted by molar-refractivity contribution is 7.45. The van der Waals surface area contributed by atoms with E-state index >= 15 is 0 Å². The number of fused-ring (bicyclic) bond motifs is 2. The molecule has 0 amide bonds. The van der Waals surface area contributed by atoms with Crippen LogP contribution in [-0.2, 0) is 18.8 Å². The fraction of sp³-hybridized carbons (Fsp3) is 0.448. The van der Waals surface area contributed by atoms with Crippen molar-refractivity contribution in [3.05, 3.63) is 55.1 Å². The van der Waals surface area contributed by atoms with E-state index in [-0.39, 0.29) is 30.1 Å². The zero-order valence-electron chi connectivity index (χ0n) is 24.4. The number of aromatic nitrogens is 4. The van der Waals surface area contributed by atoms with Gasteiger partial charge in [-0.25, -0.2) is 20.0 Å². The van der Waals surface area contributed by atoms with Crippen LogP contribution in [0.15, 0.2) is 55.1 Å². The molecule has 2 aromatic carbocycles. The Morgan fingerprint density at radius 1 is 1.10 bits per heavy atom. The maximum Gasteiger partial charge on any atom is 0.323 e. The molecule has 0 aliphatic heterocycles. The van der Waals surface area contributed by atoms with Crippen LogP contribution in [0.1, 0.15) is 47.1 Å². The molecule has 4 rings (SSSR count). The summed E-state index contributed by atoms with van der Waals surface area (Å²) in [6.45, 7) is 10.4. The molecule has 0 bridgehead atoms. The molecule has 0 radical (unpaired) electrons. The van der Waals surface area contributed by atoms with Crippen molar-refractivity contribution >= 4 is 42.2 Å². The number of nitrogens with two attached hydrogens (primary N) is 1. The number of rotatable bonds is 13. The molecule has 2 aromatic heterocycles. The molecular weight excluding hydrogens is 543 g/mol. The van der Waals surface area contributed by atoms with Crippen molar-refractivity contribution < 1.29 is 23.3 Å². The number of hydrogen-bond donors (Lipinski definition) is 2. The van der Waals surface area contributed by atoms with Gasteiger partial charge in [-0.3, -0.25) is 4.79 Å². The van der Waals surface area contributed by atoms with Crippen LogP contribution in [0.2, 0.25) is 0 Å². The number of ether oxygens (including phenoxy) is 2. The molecule has 0 saturated heterocycles. The molecule has 4 aromatic rings. The molecule has 0 aliphatic rings. The number of anilines is 1. The lowest BCUT2D eigenvalue weighted by atomic mass is 9.99. The van der Waals surface area contributed by atoms with Gasteiger partial charge in [-0.05, 0) is 37.1 Å². The fourth-order valence-electron chi connectivity index (χ4n) is 4.15. The van der Waals surface area contributed by atoms with Gasteiger partial charge in [0.2, 0.25) is 0 Å². The molecule has 4 unspecified atom stereocenters. The Morgan fingerprint density at radius 3 is 2.61 bits per heavy atom. The van der Waals surface area contributed by atoms with Gasteiger partial charge in [0.05, 0.1) is 25.6 Å². The topological polar surface area (TPSA) is 136 Å². The minimum Gasteiger partial charge on any atom is -0.464 e. The molecule has 2 heterocycles. The van der Waals surface area contributed by atoms with Crippen molar-refractivity contribution in [3.63, 3.8) is 0 Å². The first-order valence-electron chi connectivity index (χ1n) is 13.5. The quantitative estimate of drug-likeness (QED) is 0.155. The minimum absolute atomic E-state index is 0.0210. The normalized spacial score (nSPS) is 15.0. The predicted octanol–water partition coefficient (Wildman–Crippen LogP) is 5.42. The number of methoxy groups -OCH3 is 1. The van der Waals surface area contributed by atoms with Crippen LogP contribution in [0.25, 0.3) is 21.9 Å². The van der Waals surface area contributed by atoms with E-state index in [1.165, 1.54) is 6.33 Å². The Hall–Kier alpha value is -3.37. The van der Waals surface area contributed by atoms with Crippen LogP contribution in [-0.4, -0.2) is 58.0 Å². The van der Waals surface area contributed by atoms with E-state index in [0.29, 0.717) is 35.8 Å². The summed E-state index contributed by atoms with van der Waals surface area (Å²) in [4.78, 5) is 25.5. The third-order valence-electron chi connectivity index (χ3n) is 6.41. The van der Waals surface area contributed by atoms with Gasteiger partial charge in [0.1, 0.15) is 23.6 Å². The van der Waals surface area contributed by atoms with Gasteiger partial charge < -0.3 is 28.8 Å². The molecule has 220 valence electrons. The Bertz CT molecular complexity index is 1450. The van der Waals surface area contributed by atoms with Crippen LogP contribution in [0.4, 0.5) is 5.82 Å². The van der Waals surface area contributed by atoms with Crippen LogP contribution >= 0.6 is 8.53 Å². The summed E-state index contributed by atoms with van der Waals surface area (Å²) in [7, 11) is -0.109. The second-order valence-corrected chi connectivity index (χ2v) is 12.4. The van der Waals surface area contributed by atoms with Crippen molar-refractivity contribution in [1.29, 1.82) is 0 Å². The van der Waals surface area contributed by atoms with Gasteiger partial charge >= 0.3 is 14.5 Å². The highest BCUT2D eigenvalue weighted by Gasteiger charge is 2.26. The molecule has 0 aliphatic carbocycles. The summed E-state index contributed by atoms with van der Waals surface area (Å²) >= 11 is 0. The highest BCUT2D eigenvalue weighted by atomic mass is 31.2. The van der Waals surface area contributed by atoms with Gasteiger partial charge in [0.15, 0.2) is 11.5 Å². The zero-order valence-corrected chi connectivity index (χ0v) is 25.3. The summed E-state index contributed by atoms with van der Waals surface area (Å²) in [5.74, 6) is 0.620. The predicted molar refractivity (Wildman–Crippen MR) is 160 cm³/mol. The second-order valence-electron chi connectivity index (χ2n) is 11.2. The molecule has 0 fully saturated rings. The highest BCUT2D eigenvalue weighted by Crippen LogP contribution is 2.40. The standard InChI is InChI=1S/C29H39N6O5P/c1-19(35-18-33-25-26(30)31-17-32-27(25)35)14-22(37-6)15-39-41(34-20(2)28(36)38-16-29(3,4)5)40-24-13-9-11-21-10-7-8-12-23(21)24/h7-13,17-20,22,34H,14-16H2,1-6H3,(H2,30,31,32). The number of carbonyl (C=O) groups excluding carboxylic acids is 1. The molecule has 3 N–H and O–H groups in total. The lowest BCUT2D eigenvalue weighted by molar-refractivity contribution is -0.148. The van der Waals surface area contributed by atoms with E-state index in [4.69, 9.17) is 24.3 Å². The maximum atomic E-state index is 12.8. The van der Waals surface area contributed by atoms with Crippen molar-refractivity contribution in [1.82, 2.24) is 24.6 Å². The number of hydrogen-bond acceptors (Lipinski definition) is 10. The summed E-state index contributed by atoms with van der Waals surface area (Å²) in [6.07, 6.45) is 3.45. The average Bonchev–Trinajstić information content (AvgIpc) is 3.39. The SMILES string of the molecule is COC(COP(NC(C)C(=O)OCC(C)(C)C)Oc1cccc2ccccc12)CC(C)n1cnc2c(N)ncnc21. The second kappa shape index (κ2) is 13.5. The van der Waals surface area contributed by atoms with E-state index in [1.807, 2.05) is 74.7 Å². The van der Waals surface area contributed by atoms with Crippen molar-refractivity contribution in [2.24, 2.45) is 5.41 Å². The van der Waals surface area contributed by atoms with Crippen LogP contribution in [0.5, 0.6) is 5.75 Å². The smallest absolute Gasteiger partial charge is 0.323 e. The Balaban J connectivity index is 1.47. The monoisotopic (exact) mass is 582 g/mol. The first-order chi connectivity index (χ1) is 19.6. The summed E-state index contributed by atoms with van der Waals surface area (Å²) in [6, 6.07) is 13.1. The molecule has 4 atom stereocenters. The summed E-state index contributed by atoms with van der Waals surface area (Å²) in [5, 5.41) is 5.19. The number of benzene rings is 2. The molecule has 41 heavy (non-hydrogen) atoms. The van der Waals surface area contributed by atoms with Gasteiger partial charge in [-0.15, -0.1) is 0 Å². The largest absolute Gasteiger partial charge is 0.464 e. The fourth-order valence-corrected chi connectivity index (χ4v) is 5.39. The van der Waals surface area contributed by atoms with E-state index < -0.39 is 14.6 Å². The number of esters is 1. The van der Waals surface area contributed by atoms with Crippen molar-refractivity contribution in [2.45, 2.75) is 59.2 Å². The maximum absolute atomic E-state index is 12.8. The third-order valence-corrected chi connectivity index (χ3v) is 7.75. The third kappa shape index (κ3) is 8.10. The van der Waals surface area contributed by atoms with E-state index in [1.54, 1.807) is 20.4 Å². The average molecular weight is 583 g/mol. The first-order valence-corrected chi connectivity index (χ1v) is 14.7. The first kappa shape index (κ1) is 30.6. The summed E-state index contributed by atoms with van der Waals surface area (Å²) in [5.41, 5.74) is 7.03. The van der Waals surface area contributed by atoms with Gasteiger partial charge in [0.25, 0.3) is 0 Å². The van der Waals surface area contributed by atoms with Crippen molar-refractivity contribution in [3.8, 4) is 5.75 Å². The van der Waals surface area contributed by atoms with Crippen LogP contribution in [0, 0.1) is 5.41 Å². The Kier molecular flexibility index (Phi) is 10.1. The zero-order chi connectivity index (χ0) is 29.6. The van der Waals surface area contributed by atoms with E-state index in [9.17, 15) is 4.79 Å². The number of carbonyl (C=O) groups is 1. The van der Waals surface area contributed by atoms with Crippen LogP contribution in [0.3, 0.4) is 0 Å². The number of nitrogens with zero attached hydrogens (tertiary/aromatic N) is 4. The molecule has 12 heteroatoms. The van der Waals surface area contributed by atoms with Crippen LogP contribution < -0.4 is 15.3 Å². The lowest BCUT2D eigenvalue weighted by Crippen LogP contribution is -2.35. The van der Waals surface area contributed by atoms with Crippen molar-refractivity contribution in [2.75, 3.05) is 26.1 Å². The molecule has 11 nitrogen and oxygen atoms in total. The van der Waals surface area contributed by atoms with E-state index in [0.717, 1.165) is 10.8 Å². The van der Waals surface area contributed by atoms with E-state index in [2.05, 4.69) is 20.0 Å². The Morgan fingerprint density at radius 2 is 1.85 bits per heavy atom. The summed E-state index contributed by atoms with van der Waals surface area (Å²) < 4.78 is 25.9.